The largest absolute Gasteiger partial charge is 0.355 e. The maximum absolute atomic E-state index is 3.05. The normalized spacial score (nSPS) is 17.9. The van der Waals surface area contributed by atoms with Gasteiger partial charge < -0.3 is 9.80 Å². The minimum atomic E-state index is 0.720. The van der Waals surface area contributed by atoms with Gasteiger partial charge in [-0.25, -0.2) is 0 Å². The van der Waals surface area contributed by atoms with Crippen molar-refractivity contribution in [2.24, 2.45) is 5.92 Å². The predicted octanol–water partition coefficient (Wildman–Crippen LogP) is 12.9. The summed E-state index contributed by atoms with van der Waals surface area (Å²) < 4.78 is 0. The number of benzene rings is 1. The molecule has 2 aliphatic heterocycles. The van der Waals surface area contributed by atoms with Crippen LogP contribution in [0.15, 0.2) is 41.7 Å². The van der Waals surface area contributed by atoms with Crippen molar-refractivity contribution in [2.75, 3.05) is 13.1 Å². The first-order valence-electron chi connectivity index (χ1n) is 20.0. The molecule has 3 rings (SSSR count). The van der Waals surface area contributed by atoms with Gasteiger partial charge in [-0.1, -0.05) is 167 Å². The average Bonchev–Trinajstić information content (AvgIpc) is 3.05. The van der Waals surface area contributed by atoms with Gasteiger partial charge in [-0.05, 0) is 68.4 Å². The Bertz CT molecular complexity index is 848. The van der Waals surface area contributed by atoms with Crippen molar-refractivity contribution in [3.05, 3.63) is 47.3 Å². The molecular weight excluding hydrogens is 532 g/mol. The Morgan fingerprint density at radius 1 is 0.568 bits per heavy atom. The van der Waals surface area contributed by atoms with Gasteiger partial charge in [0.1, 0.15) is 5.82 Å². The highest BCUT2D eigenvalue weighted by atomic mass is 15.4. The zero-order valence-electron chi connectivity index (χ0n) is 30.1. The third kappa shape index (κ3) is 12.7. The Labute approximate surface area is 275 Å². The standard InChI is InChI=1S/C42H74N2/c1-5-9-13-17-24-31-40(30-23-16-12-8-4)44-35-33-38(36-37-26-19-18-20-27-37)41-32-25-34-43(42(41)44)39(28-21-14-10-6-2)29-22-15-11-7-3/h18-20,26-27,38-40H,5-17,21-25,28-36H2,1-4H3. The van der Waals surface area contributed by atoms with E-state index < -0.39 is 0 Å². The van der Waals surface area contributed by atoms with Crippen molar-refractivity contribution >= 4 is 0 Å². The quantitative estimate of drug-likeness (QED) is 0.102. The summed E-state index contributed by atoms with van der Waals surface area (Å²) in [6.45, 7) is 12.0. The van der Waals surface area contributed by atoms with Gasteiger partial charge in [0.15, 0.2) is 0 Å². The Kier molecular flexibility index (Phi) is 19.3. The van der Waals surface area contributed by atoms with Gasteiger partial charge in [-0.2, -0.15) is 0 Å². The second-order valence-corrected chi connectivity index (χ2v) is 14.6. The molecule has 0 spiro atoms. The Hall–Kier alpha value is -1.44. The lowest BCUT2D eigenvalue weighted by Crippen LogP contribution is -2.51. The van der Waals surface area contributed by atoms with Crippen molar-refractivity contribution in [2.45, 2.75) is 200 Å². The molecule has 0 aromatic heterocycles. The van der Waals surface area contributed by atoms with Gasteiger partial charge in [0.2, 0.25) is 0 Å². The van der Waals surface area contributed by atoms with Crippen LogP contribution in [0.25, 0.3) is 0 Å². The molecule has 44 heavy (non-hydrogen) atoms. The summed E-state index contributed by atoms with van der Waals surface area (Å²) in [6, 6.07) is 12.9. The average molecular weight is 607 g/mol. The van der Waals surface area contributed by atoms with E-state index in [0.29, 0.717) is 0 Å². The SMILES string of the molecule is CCCCCCCC(CCCCCC)N1CCC(Cc2ccccc2)C2=C1N(C(CCCCCC)CCCCCC)CCC2. The van der Waals surface area contributed by atoms with E-state index in [1.54, 1.807) is 5.82 Å². The molecule has 2 nitrogen and oxygen atoms in total. The molecule has 2 atom stereocenters. The highest BCUT2D eigenvalue weighted by Crippen LogP contribution is 2.42. The molecule has 0 aliphatic carbocycles. The molecular formula is C42H74N2. The van der Waals surface area contributed by atoms with Crippen LogP contribution in [-0.2, 0) is 6.42 Å². The number of hydrogen-bond donors (Lipinski definition) is 0. The van der Waals surface area contributed by atoms with Gasteiger partial charge in [-0.15, -0.1) is 0 Å². The summed E-state index contributed by atoms with van der Waals surface area (Å²) in [5.41, 5.74) is 3.39. The van der Waals surface area contributed by atoms with Crippen LogP contribution in [0.2, 0.25) is 0 Å². The zero-order valence-corrected chi connectivity index (χ0v) is 30.1. The zero-order chi connectivity index (χ0) is 31.2. The van der Waals surface area contributed by atoms with Crippen LogP contribution < -0.4 is 0 Å². The molecule has 0 saturated carbocycles. The summed E-state index contributed by atoms with van der Waals surface area (Å²) >= 11 is 0. The molecule has 0 amide bonds. The van der Waals surface area contributed by atoms with E-state index in [1.807, 2.05) is 5.57 Å². The Morgan fingerprint density at radius 2 is 1.02 bits per heavy atom. The molecule has 0 bridgehead atoms. The number of allylic oxidation sites excluding steroid dienone is 1. The van der Waals surface area contributed by atoms with Crippen molar-refractivity contribution < 1.29 is 0 Å². The van der Waals surface area contributed by atoms with Crippen LogP contribution in [0.4, 0.5) is 0 Å². The van der Waals surface area contributed by atoms with Gasteiger partial charge in [0.25, 0.3) is 0 Å². The smallest absolute Gasteiger partial charge is 0.104 e. The number of hydrogen-bond acceptors (Lipinski definition) is 2. The van der Waals surface area contributed by atoms with Crippen LogP contribution in [0.3, 0.4) is 0 Å². The van der Waals surface area contributed by atoms with E-state index in [-0.39, 0.29) is 0 Å². The van der Waals surface area contributed by atoms with Crippen molar-refractivity contribution in [1.82, 2.24) is 9.80 Å². The van der Waals surface area contributed by atoms with Crippen LogP contribution in [-0.4, -0.2) is 35.0 Å². The topological polar surface area (TPSA) is 6.48 Å². The third-order valence-corrected chi connectivity index (χ3v) is 10.9. The fourth-order valence-electron chi connectivity index (χ4n) is 8.30. The lowest BCUT2D eigenvalue weighted by Gasteiger charge is -2.51. The van der Waals surface area contributed by atoms with Gasteiger partial charge in [0, 0.05) is 25.2 Å². The summed E-state index contributed by atoms with van der Waals surface area (Å²) in [4.78, 5) is 6.09. The molecule has 0 saturated heterocycles. The summed E-state index contributed by atoms with van der Waals surface area (Å²) in [5.74, 6) is 2.48. The van der Waals surface area contributed by atoms with Crippen LogP contribution in [0.1, 0.15) is 187 Å². The fraction of sp³-hybridized carbons (Fsp3) is 0.810. The van der Waals surface area contributed by atoms with Crippen LogP contribution in [0.5, 0.6) is 0 Å². The molecule has 1 aromatic rings. The predicted molar refractivity (Wildman–Crippen MR) is 195 cm³/mol. The summed E-state index contributed by atoms with van der Waals surface area (Å²) in [6.07, 6.45) is 34.6. The first-order valence-corrected chi connectivity index (χ1v) is 20.0. The molecule has 1 aromatic carbocycles. The van der Waals surface area contributed by atoms with E-state index in [9.17, 15) is 0 Å². The number of rotatable bonds is 25. The molecule has 0 N–H and O–H groups in total. The highest BCUT2D eigenvalue weighted by Gasteiger charge is 2.38. The summed E-state index contributed by atoms with van der Waals surface area (Å²) in [5, 5.41) is 0. The number of unbranched alkanes of at least 4 members (excludes halogenated alkanes) is 13. The minimum absolute atomic E-state index is 0.720. The van der Waals surface area contributed by atoms with Gasteiger partial charge in [-0.3, -0.25) is 0 Å². The molecule has 2 unspecified atom stereocenters. The monoisotopic (exact) mass is 607 g/mol. The molecule has 2 heterocycles. The lowest BCUT2D eigenvalue weighted by molar-refractivity contribution is 0.0761. The first-order chi connectivity index (χ1) is 21.7. The summed E-state index contributed by atoms with van der Waals surface area (Å²) in [7, 11) is 0. The maximum atomic E-state index is 3.05. The third-order valence-electron chi connectivity index (χ3n) is 10.9. The molecule has 0 radical (unpaired) electrons. The van der Waals surface area contributed by atoms with E-state index in [2.05, 4.69) is 67.8 Å². The Morgan fingerprint density at radius 3 is 1.52 bits per heavy atom. The lowest BCUT2D eigenvalue weighted by atomic mass is 9.80. The fourth-order valence-corrected chi connectivity index (χ4v) is 8.30. The van der Waals surface area contributed by atoms with Crippen molar-refractivity contribution in [1.29, 1.82) is 0 Å². The Balaban J connectivity index is 1.92. The van der Waals surface area contributed by atoms with E-state index in [0.717, 1.165) is 18.0 Å². The van der Waals surface area contributed by atoms with E-state index in [1.165, 1.54) is 179 Å². The van der Waals surface area contributed by atoms with E-state index >= 15 is 0 Å². The maximum Gasteiger partial charge on any atom is 0.104 e. The van der Waals surface area contributed by atoms with Crippen LogP contribution >= 0.6 is 0 Å². The molecule has 252 valence electrons. The molecule has 2 aliphatic rings. The second-order valence-electron chi connectivity index (χ2n) is 14.6. The van der Waals surface area contributed by atoms with Crippen molar-refractivity contribution in [3.63, 3.8) is 0 Å². The van der Waals surface area contributed by atoms with Gasteiger partial charge >= 0.3 is 0 Å². The van der Waals surface area contributed by atoms with Gasteiger partial charge in [0.05, 0.1) is 0 Å². The number of nitrogens with zero attached hydrogens (tertiary/aromatic N) is 2. The van der Waals surface area contributed by atoms with E-state index in [4.69, 9.17) is 0 Å². The van der Waals surface area contributed by atoms with Crippen LogP contribution in [0, 0.1) is 5.92 Å². The van der Waals surface area contributed by atoms with Crippen molar-refractivity contribution in [3.8, 4) is 0 Å². The first kappa shape index (κ1) is 37.0. The second kappa shape index (κ2) is 23.0. The highest BCUT2D eigenvalue weighted by molar-refractivity contribution is 5.26. The molecule has 0 fully saturated rings. The molecule has 2 heteroatoms. The minimum Gasteiger partial charge on any atom is -0.355 e.